The highest BCUT2D eigenvalue weighted by molar-refractivity contribution is 8.19. The molecule has 0 aromatic heterocycles. The standard InChI is InChI=1S/C22H15NO3S/c24-21-20(27-22(25)23(21)17-9-3-1-4-10-17)15-16-8-7-13-19(14-16)26-18-11-5-2-6-12-18/h1-15H. The molecule has 0 aliphatic carbocycles. The first-order valence-electron chi connectivity index (χ1n) is 8.37. The lowest BCUT2D eigenvalue weighted by molar-refractivity contribution is -0.113. The summed E-state index contributed by atoms with van der Waals surface area (Å²) in [4.78, 5) is 26.6. The molecule has 0 bridgehead atoms. The van der Waals surface area contributed by atoms with Crippen LogP contribution in [0.1, 0.15) is 5.56 Å². The molecule has 4 rings (SSSR count). The molecule has 1 aliphatic heterocycles. The second-order valence-corrected chi connectivity index (χ2v) is 6.83. The van der Waals surface area contributed by atoms with Crippen LogP contribution in [0.25, 0.3) is 6.08 Å². The van der Waals surface area contributed by atoms with Gasteiger partial charge >= 0.3 is 0 Å². The number of imide groups is 1. The average Bonchev–Trinajstić information content (AvgIpc) is 2.97. The summed E-state index contributed by atoms with van der Waals surface area (Å²) < 4.78 is 5.82. The summed E-state index contributed by atoms with van der Waals surface area (Å²) >= 11 is 0.939. The molecule has 0 spiro atoms. The Morgan fingerprint density at radius 2 is 1.44 bits per heavy atom. The molecular formula is C22H15NO3S. The number of rotatable bonds is 4. The van der Waals surface area contributed by atoms with Crippen LogP contribution in [0.4, 0.5) is 10.5 Å². The normalized spacial score (nSPS) is 15.4. The van der Waals surface area contributed by atoms with Gasteiger partial charge in [-0.25, -0.2) is 4.90 Å². The Morgan fingerprint density at radius 1 is 0.778 bits per heavy atom. The van der Waals surface area contributed by atoms with Gasteiger partial charge in [-0.3, -0.25) is 9.59 Å². The minimum Gasteiger partial charge on any atom is -0.457 e. The van der Waals surface area contributed by atoms with E-state index in [0.29, 0.717) is 16.3 Å². The van der Waals surface area contributed by atoms with E-state index < -0.39 is 0 Å². The number of para-hydroxylation sites is 2. The van der Waals surface area contributed by atoms with E-state index in [0.717, 1.165) is 23.1 Å². The summed E-state index contributed by atoms with van der Waals surface area (Å²) in [6.07, 6.45) is 1.71. The van der Waals surface area contributed by atoms with Gasteiger partial charge in [-0.1, -0.05) is 48.5 Å². The molecule has 1 heterocycles. The lowest BCUT2D eigenvalue weighted by atomic mass is 10.2. The van der Waals surface area contributed by atoms with E-state index in [1.165, 1.54) is 4.90 Å². The topological polar surface area (TPSA) is 46.6 Å². The first-order chi connectivity index (χ1) is 13.2. The Labute approximate surface area is 161 Å². The molecule has 3 aromatic rings. The number of benzene rings is 3. The monoisotopic (exact) mass is 373 g/mol. The van der Waals surface area contributed by atoms with Gasteiger partial charge in [-0.15, -0.1) is 0 Å². The first kappa shape index (κ1) is 17.1. The number of hydrogen-bond acceptors (Lipinski definition) is 4. The fourth-order valence-electron chi connectivity index (χ4n) is 2.71. The molecule has 132 valence electrons. The molecule has 0 unspecified atom stereocenters. The second kappa shape index (κ2) is 7.51. The zero-order valence-corrected chi connectivity index (χ0v) is 15.1. The van der Waals surface area contributed by atoms with Crippen molar-refractivity contribution in [3.8, 4) is 11.5 Å². The Kier molecular flexibility index (Phi) is 4.77. The van der Waals surface area contributed by atoms with Crippen molar-refractivity contribution in [3.05, 3.63) is 95.4 Å². The highest BCUT2D eigenvalue weighted by Gasteiger charge is 2.36. The maximum atomic E-state index is 12.7. The maximum Gasteiger partial charge on any atom is 0.298 e. The number of thioether (sulfide) groups is 1. The summed E-state index contributed by atoms with van der Waals surface area (Å²) in [6, 6.07) is 25.8. The van der Waals surface area contributed by atoms with Gasteiger partial charge in [0, 0.05) is 0 Å². The van der Waals surface area contributed by atoms with E-state index in [-0.39, 0.29) is 11.1 Å². The molecule has 5 heteroatoms. The molecule has 0 saturated carbocycles. The first-order valence-corrected chi connectivity index (χ1v) is 9.18. The van der Waals surface area contributed by atoms with E-state index in [2.05, 4.69) is 0 Å². The number of nitrogens with zero attached hydrogens (tertiary/aromatic N) is 1. The minimum absolute atomic E-state index is 0.297. The van der Waals surface area contributed by atoms with Crippen LogP contribution in [0.5, 0.6) is 11.5 Å². The third-order valence-electron chi connectivity index (χ3n) is 3.94. The summed E-state index contributed by atoms with van der Waals surface area (Å²) in [7, 11) is 0. The van der Waals surface area contributed by atoms with Crippen LogP contribution in [0.15, 0.2) is 89.8 Å². The molecule has 2 amide bonds. The van der Waals surface area contributed by atoms with Crippen LogP contribution < -0.4 is 9.64 Å². The highest BCUT2D eigenvalue weighted by Crippen LogP contribution is 2.36. The van der Waals surface area contributed by atoms with Crippen LogP contribution in [0, 0.1) is 0 Å². The molecular weight excluding hydrogens is 358 g/mol. The average molecular weight is 373 g/mol. The summed E-state index contributed by atoms with van der Waals surface area (Å²) in [5, 5.41) is -0.297. The Balaban J connectivity index is 1.58. The summed E-state index contributed by atoms with van der Waals surface area (Å²) in [5.41, 5.74) is 1.37. The van der Waals surface area contributed by atoms with Crippen molar-refractivity contribution < 1.29 is 14.3 Å². The number of ether oxygens (including phenoxy) is 1. The van der Waals surface area contributed by atoms with E-state index in [4.69, 9.17) is 4.74 Å². The van der Waals surface area contributed by atoms with Crippen LogP contribution in [-0.2, 0) is 4.79 Å². The van der Waals surface area contributed by atoms with Crippen LogP contribution in [0.2, 0.25) is 0 Å². The van der Waals surface area contributed by atoms with Crippen molar-refractivity contribution in [2.24, 2.45) is 0 Å². The van der Waals surface area contributed by atoms with Crippen molar-refractivity contribution in [2.45, 2.75) is 0 Å². The lowest BCUT2D eigenvalue weighted by Crippen LogP contribution is -2.27. The largest absolute Gasteiger partial charge is 0.457 e. The lowest BCUT2D eigenvalue weighted by Gasteiger charge is -2.11. The maximum absolute atomic E-state index is 12.7. The highest BCUT2D eigenvalue weighted by atomic mass is 32.2. The van der Waals surface area contributed by atoms with Crippen LogP contribution in [0.3, 0.4) is 0 Å². The number of carbonyl (C=O) groups is 2. The van der Waals surface area contributed by atoms with Gasteiger partial charge in [0.2, 0.25) is 0 Å². The SMILES string of the molecule is O=C1SC(=Cc2cccc(Oc3ccccc3)c2)C(=O)N1c1ccccc1. The van der Waals surface area contributed by atoms with Crippen molar-refractivity contribution in [1.82, 2.24) is 0 Å². The molecule has 27 heavy (non-hydrogen) atoms. The van der Waals surface area contributed by atoms with Gasteiger partial charge in [-0.2, -0.15) is 0 Å². The second-order valence-electron chi connectivity index (χ2n) is 5.84. The third-order valence-corrected chi connectivity index (χ3v) is 4.81. The van der Waals surface area contributed by atoms with Crippen molar-refractivity contribution in [2.75, 3.05) is 4.90 Å². The Hall–Kier alpha value is -3.31. The van der Waals surface area contributed by atoms with E-state index in [9.17, 15) is 9.59 Å². The predicted octanol–water partition coefficient (Wildman–Crippen LogP) is 5.72. The molecule has 0 atom stereocenters. The van der Waals surface area contributed by atoms with Gasteiger partial charge in [-0.05, 0) is 59.8 Å². The van der Waals surface area contributed by atoms with Crippen molar-refractivity contribution in [1.29, 1.82) is 0 Å². The zero-order valence-electron chi connectivity index (χ0n) is 14.2. The minimum atomic E-state index is -0.314. The predicted molar refractivity (Wildman–Crippen MR) is 108 cm³/mol. The van der Waals surface area contributed by atoms with E-state index in [1.54, 1.807) is 30.3 Å². The van der Waals surface area contributed by atoms with Gasteiger partial charge < -0.3 is 4.74 Å². The fraction of sp³-hybridized carbons (Fsp3) is 0. The number of anilines is 1. The molecule has 1 aliphatic rings. The number of amides is 2. The van der Waals surface area contributed by atoms with Gasteiger partial charge in [0.15, 0.2) is 0 Å². The summed E-state index contributed by atoms with van der Waals surface area (Å²) in [6.45, 7) is 0. The van der Waals surface area contributed by atoms with Crippen molar-refractivity contribution in [3.63, 3.8) is 0 Å². The number of hydrogen-bond donors (Lipinski definition) is 0. The fourth-order valence-corrected chi connectivity index (χ4v) is 3.55. The van der Waals surface area contributed by atoms with Gasteiger partial charge in [0.25, 0.3) is 11.1 Å². The molecule has 1 saturated heterocycles. The molecule has 3 aromatic carbocycles. The van der Waals surface area contributed by atoms with Gasteiger partial charge in [0.1, 0.15) is 11.5 Å². The smallest absolute Gasteiger partial charge is 0.298 e. The number of carbonyl (C=O) groups excluding carboxylic acids is 2. The molecule has 0 N–H and O–H groups in total. The molecule has 4 nitrogen and oxygen atoms in total. The molecule has 0 radical (unpaired) electrons. The third kappa shape index (κ3) is 3.78. The quantitative estimate of drug-likeness (QED) is 0.549. The van der Waals surface area contributed by atoms with E-state index in [1.807, 2.05) is 60.7 Å². The summed E-state index contributed by atoms with van der Waals surface area (Å²) in [5.74, 6) is 1.09. The van der Waals surface area contributed by atoms with Crippen molar-refractivity contribution >= 4 is 34.7 Å². The Bertz CT molecular complexity index is 1020. The van der Waals surface area contributed by atoms with Crippen LogP contribution >= 0.6 is 11.8 Å². The molecule has 1 fully saturated rings. The Morgan fingerprint density at radius 3 is 2.19 bits per heavy atom. The van der Waals surface area contributed by atoms with Crippen LogP contribution in [-0.4, -0.2) is 11.1 Å². The zero-order chi connectivity index (χ0) is 18.6. The van der Waals surface area contributed by atoms with E-state index >= 15 is 0 Å². The van der Waals surface area contributed by atoms with Gasteiger partial charge in [0.05, 0.1) is 10.6 Å².